The molecule has 0 N–H and O–H groups in total. The van der Waals surface area contributed by atoms with Gasteiger partial charge in [-0.1, -0.05) is 23.2 Å². The molecule has 0 unspecified atom stereocenters. The van der Waals surface area contributed by atoms with E-state index in [9.17, 15) is 0 Å². The summed E-state index contributed by atoms with van der Waals surface area (Å²) in [5, 5.41) is 1.85. The number of alkyl halides is 1. The summed E-state index contributed by atoms with van der Waals surface area (Å²) < 4.78 is 0. The van der Waals surface area contributed by atoms with Crippen molar-refractivity contribution < 1.29 is 0 Å². The van der Waals surface area contributed by atoms with Crippen LogP contribution in [0.2, 0.25) is 10.0 Å². The lowest BCUT2D eigenvalue weighted by Gasteiger charge is -2.09. The van der Waals surface area contributed by atoms with E-state index in [1.165, 1.54) is 24.8 Å². The number of hydrogen-bond acceptors (Lipinski definition) is 0. The minimum atomic E-state index is 0.396. The average molecular weight is 278 g/mol. The second kappa shape index (κ2) is 5.62. The summed E-state index contributed by atoms with van der Waals surface area (Å²) in [5.74, 6) is 0.778. The van der Waals surface area contributed by atoms with Gasteiger partial charge in [-0.25, -0.2) is 0 Å². The van der Waals surface area contributed by atoms with Crippen LogP contribution in [0.3, 0.4) is 0 Å². The van der Waals surface area contributed by atoms with Crippen LogP contribution in [0.1, 0.15) is 31.2 Å². The number of hydrogen-bond donors (Lipinski definition) is 0. The zero-order valence-electron chi connectivity index (χ0n) is 9.06. The summed E-state index contributed by atoms with van der Waals surface area (Å²) >= 11 is 18.0. The molecule has 88 valence electrons. The van der Waals surface area contributed by atoms with Crippen molar-refractivity contribution in [1.29, 1.82) is 0 Å². The summed E-state index contributed by atoms with van der Waals surface area (Å²) in [6.45, 7) is 0. The van der Waals surface area contributed by atoms with Crippen LogP contribution >= 0.6 is 34.8 Å². The van der Waals surface area contributed by atoms with Gasteiger partial charge in [0.15, 0.2) is 0 Å². The monoisotopic (exact) mass is 276 g/mol. The Labute approximate surface area is 112 Å². The maximum atomic E-state index is 6.10. The molecule has 0 bridgehead atoms. The molecular weight excluding hydrogens is 263 g/mol. The molecule has 0 aromatic heterocycles. The third-order valence-electron chi connectivity index (χ3n) is 3.24. The SMILES string of the molecule is Clc1cc(Cl)cc(CC[C@H]2CC[C@@H](Cl)C2)c1. The van der Waals surface area contributed by atoms with Crippen LogP contribution in [0.4, 0.5) is 0 Å². The van der Waals surface area contributed by atoms with Crippen molar-refractivity contribution in [3.05, 3.63) is 33.8 Å². The maximum Gasteiger partial charge on any atom is 0.0423 e. The van der Waals surface area contributed by atoms with Crippen molar-refractivity contribution in [2.24, 2.45) is 5.92 Å². The van der Waals surface area contributed by atoms with Crippen molar-refractivity contribution in [2.75, 3.05) is 0 Å². The summed E-state index contributed by atoms with van der Waals surface area (Å²) in [6.07, 6.45) is 5.84. The maximum absolute atomic E-state index is 6.10. The van der Waals surface area contributed by atoms with E-state index in [4.69, 9.17) is 34.8 Å². The fourth-order valence-electron chi connectivity index (χ4n) is 2.40. The lowest BCUT2D eigenvalue weighted by atomic mass is 9.98. The number of aryl methyl sites for hydroxylation is 1. The van der Waals surface area contributed by atoms with Gasteiger partial charge in [-0.2, -0.15) is 0 Å². The van der Waals surface area contributed by atoms with E-state index >= 15 is 0 Å². The molecule has 0 radical (unpaired) electrons. The minimum Gasteiger partial charge on any atom is -0.123 e. The van der Waals surface area contributed by atoms with Crippen LogP contribution < -0.4 is 0 Å². The Hall–Kier alpha value is 0.0900. The van der Waals surface area contributed by atoms with Gasteiger partial charge in [0, 0.05) is 15.4 Å². The molecule has 0 aliphatic heterocycles. The van der Waals surface area contributed by atoms with Gasteiger partial charge in [0.1, 0.15) is 0 Å². The zero-order valence-corrected chi connectivity index (χ0v) is 11.3. The third kappa shape index (κ3) is 3.55. The Morgan fingerprint density at radius 2 is 1.75 bits per heavy atom. The second-order valence-electron chi connectivity index (χ2n) is 4.59. The first-order valence-electron chi connectivity index (χ1n) is 5.72. The van der Waals surface area contributed by atoms with E-state index in [-0.39, 0.29) is 0 Å². The molecule has 1 aromatic carbocycles. The summed E-state index contributed by atoms with van der Waals surface area (Å²) in [5.41, 5.74) is 1.23. The van der Waals surface area contributed by atoms with Crippen molar-refractivity contribution in [3.63, 3.8) is 0 Å². The van der Waals surface area contributed by atoms with Crippen molar-refractivity contribution in [1.82, 2.24) is 0 Å². The first-order chi connectivity index (χ1) is 7.63. The fraction of sp³-hybridized carbons (Fsp3) is 0.538. The van der Waals surface area contributed by atoms with E-state index in [0.717, 1.165) is 28.8 Å². The van der Waals surface area contributed by atoms with Crippen LogP contribution in [0.15, 0.2) is 18.2 Å². The Kier molecular flexibility index (Phi) is 4.41. The molecule has 1 aromatic rings. The molecule has 0 spiro atoms. The highest BCUT2D eigenvalue weighted by Gasteiger charge is 2.22. The highest BCUT2D eigenvalue weighted by molar-refractivity contribution is 6.34. The molecule has 3 heteroatoms. The van der Waals surface area contributed by atoms with E-state index in [1.54, 1.807) is 6.07 Å². The average Bonchev–Trinajstić information content (AvgIpc) is 2.60. The zero-order chi connectivity index (χ0) is 11.5. The Morgan fingerprint density at radius 1 is 1.06 bits per heavy atom. The lowest BCUT2D eigenvalue weighted by molar-refractivity contribution is 0.504. The largest absolute Gasteiger partial charge is 0.123 e. The summed E-state index contributed by atoms with van der Waals surface area (Å²) in [7, 11) is 0. The van der Waals surface area contributed by atoms with Crippen LogP contribution in [0.25, 0.3) is 0 Å². The predicted octanol–water partition coefficient (Wildman–Crippen LogP) is 5.33. The molecule has 0 nitrogen and oxygen atoms in total. The topological polar surface area (TPSA) is 0 Å². The molecule has 1 saturated carbocycles. The van der Waals surface area contributed by atoms with Crippen LogP contribution in [0.5, 0.6) is 0 Å². The fourth-order valence-corrected chi connectivity index (χ4v) is 3.35. The van der Waals surface area contributed by atoms with Crippen LogP contribution in [-0.2, 0) is 6.42 Å². The molecule has 1 aliphatic rings. The van der Waals surface area contributed by atoms with Crippen molar-refractivity contribution in [2.45, 2.75) is 37.5 Å². The molecule has 2 rings (SSSR count). The van der Waals surface area contributed by atoms with Gasteiger partial charge in [0.25, 0.3) is 0 Å². The quantitative estimate of drug-likeness (QED) is 0.655. The minimum absolute atomic E-state index is 0.396. The molecule has 0 saturated heterocycles. The van der Waals surface area contributed by atoms with Crippen molar-refractivity contribution >= 4 is 34.8 Å². The Bertz CT molecular complexity index is 342. The summed E-state index contributed by atoms with van der Waals surface area (Å²) in [4.78, 5) is 0. The van der Waals surface area contributed by atoms with E-state index in [1.807, 2.05) is 12.1 Å². The molecule has 2 atom stereocenters. The number of rotatable bonds is 3. The number of benzene rings is 1. The molecule has 1 fully saturated rings. The van der Waals surface area contributed by atoms with Crippen LogP contribution in [-0.4, -0.2) is 5.38 Å². The predicted molar refractivity (Wildman–Crippen MR) is 71.8 cm³/mol. The summed E-state index contributed by atoms with van der Waals surface area (Å²) in [6, 6.07) is 5.78. The highest BCUT2D eigenvalue weighted by Crippen LogP contribution is 2.33. The molecule has 16 heavy (non-hydrogen) atoms. The first kappa shape index (κ1) is 12.5. The number of halogens is 3. The second-order valence-corrected chi connectivity index (χ2v) is 6.08. The highest BCUT2D eigenvalue weighted by atomic mass is 35.5. The van der Waals surface area contributed by atoms with Gasteiger partial charge in [0.2, 0.25) is 0 Å². The Morgan fingerprint density at radius 3 is 2.31 bits per heavy atom. The smallest absolute Gasteiger partial charge is 0.0423 e. The van der Waals surface area contributed by atoms with E-state index < -0.39 is 0 Å². The third-order valence-corrected chi connectivity index (χ3v) is 4.07. The standard InChI is InChI=1S/C13H15Cl3/c14-11-4-3-9(5-11)1-2-10-6-12(15)8-13(16)7-10/h6-9,11H,1-5H2/t9-,11+/m0/s1. The normalized spacial score (nSPS) is 24.9. The molecule has 0 heterocycles. The van der Waals surface area contributed by atoms with Gasteiger partial charge >= 0.3 is 0 Å². The van der Waals surface area contributed by atoms with Crippen LogP contribution in [0, 0.1) is 5.92 Å². The molecular formula is C13H15Cl3. The molecule has 1 aliphatic carbocycles. The van der Waals surface area contributed by atoms with Gasteiger partial charge in [-0.15, -0.1) is 11.6 Å². The first-order valence-corrected chi connectivity index (χ1v) is 6.92. The van der Waals surface area contributed by atoms with Crippen molar-refractivity contribution in [3.8, 4) is 0 Å². The van der Waals surface area contributed by atoms with E-state index in [0.29, 0.717) is 5.38 Å². The molecule has 0 amide bonds. The van der Waals surface area contributed by atoms with E-state index in [2.05, 4.69) is 0 Å². The van der Waals surface area contributed by atoms with Gasteiger partial charge in [-0.3, -0.25) is 0 Å². The van der Waals surface area contributed by atoms with Gasteiger partial charge in [0.05, 0.1) is 0 Å². The lowest BCUT2D eigenvalue weighted by Crippen LogP contribution is -1.98. The van der Waals surface area contributed by atoms with Gasteiger partial charge < -0.3 is 0 Å². The van der Waals surface area contributed by atoms with Gasteiger partial charge in [-0.05, 0) is 61.8 Å². The Balaban J connectivity index is 1.89.